The molecule has 0 fully saturated rings. The summed E-state index contributed by atoms with van der Waals surface area (Å²) in [5.41, 5.74) is 0.939. The van der Waals surface area contributed by atoms with E-state index in [1.54, 1.807) is 18.3 Å². The van der Waals surface area contributed by atoms with Crippen molar-refractivity contribution in [2.24, 2.45) is 0 Å². The van der Waals surface area contributed by atoms with E-state index in [0.717, 1.165) is 29.5 Å². The molecule has 0 aliphatic rings. The van der Waals surface area contributed by atoms with Crippen LogP contribution in [0.25, 0.3) is 0 Å². The van der Waals surface area contributed by atoms with E-state index in [9.17, 15) is 4.39 Å². The molecule has 0 unspecified atom stereocenters. The average Bonchev–Trinajstić information content (AvgIpc) is 2.86. The third-order valence-electron chi connectivity index (χ3n) is 2.62. The van der Waals surface area contributed by atoms with Crippen LogP contribution in [0.3, 0.4) is 0 Å². The number of halogens is 2. The normalized spacial score (nSPS) is 10.8. The van der Waals surface area contributed by atoms with E-state index in [0.29, 0.717) is 6.54 Å². The van der Waals surface area contributed by atoms with E-state index in [4.69, 9.17) is 0 Å². The molecule has 1 aromatic heterocycles. The zero-order valence-corrected chi connectivity index (χ0v) is 11.5. The molecule has 0 aliphatic carbocycles. The van der Waals surface area contributed by atoms with Gasteiger partial charge in [0.1, 0.15) is 5.82 Å². The van der Waals surface area contributed by atoms with E-state index >= 15 is 0 Å². The molecule has 5 heteroatoms. The molecule has 0 bridgehead atoms. The molecule has 0 atom stereocenters. The van der Waals surface area contributed by atoms with Gasteiger partial charge in [0.25, 0.3) is 0 Å². The highest BCUT2D eigenvalue weighted by Crippen LogP contribution is 2.17. The highest BCUT2D eigenvalue weighted by atomic mass is 79.9. The van der Waals surface area contributed by atoms with Gasteiger partial charge in [-0.15, -0.1) is 0 Å². The molecule has 0 saturated heterocycles. The molecule has 0 amide bonds. The van der Waals surface area contributed by atoms with Crippen molar-refractivity contribution in [1.29, 1.82) is 0 Å². The summed E-state index contributed by atoms with van der Waals surface area (Å²) in [7, 11) is 0. The van der Waals surface area contributed by atoms with Gasteiger partial charge in [0.2, 0.25) is 0 Å². The monoisotopic (exact) mass is 311 g/mol. The lowest BCUT2D eigenvalue weighted by Crippen LogP contribution is -2.17. The minimum absolute atomic E-state index is 0.202. The highest BCUT2D eigenvalue weighted by molar-refractivity contribution is 9.10. The first-order valence-corrected chi connectivity index (χ1v) is 6.67. The van der Waals surface area contributed by atoms with Gasteiger partial charge in [0.05, 0.1) is 0 Å². The first-order valence-electron chi connectivity index (χ1n) is 5.88. The van der Waals surface area contributed by atoms with E-state index < -0.39 is 0 Å². The Morgan fingerprint density at radius 1 is 1.39 bits per heavy atom. The molecule has 1 heterocycles. The van der Waals surface area contributed by atoms with Gasteiger partial charge in [0, 0.05) is 30.0 Å². The van der Waals surface area contributed by atoms with E-state index in [2.05, 4.69) is 26.3 Å². The number of hydrogen-bond acceptors (Lipinski definition) is 2. The van der Waals surface area contributed by atoms with E-state index in [-0.39, 0.29) is 5.82 Å². The molecule has 18 heavy (non-hydrogen) atoms. The van der Waals surface area contributed by atoms with Crippen LogP contribution in [0, 0.1) is 5.82 Å². The van der Waals surface area contributed by atoms with E-state index in [1.807, 2.05) is 16.9 Å². The Labute approximate surface area is 114 Å². The molecule has 3 nitrogen and oxygen atoms in total. The minimum Gasteiger partial charge on any atom is -0.313 e. The van der Waals surface area contributed by atoms with Crippen molar-refractivity contribution in [1.82, 2.24) is 15.1 Å². The Hall–Kier alpha value is -1.20. The van der Waals surface area contributed by atoms with Crippen LogP contribution in [0.5, 0.6) is 0 Å². The molecule has 96 valence electrons. The third-order valence-corrected chi connectivity index (χ3v) is 3.40. The molecule has 1 aromatic carbocycles. The molecule has 0 spiro atoms. The second kappa shape index (κ2) is 6.66. The first kappa shape index (κ1) is 13.2. The molecule has 1 N–H and O–H groups in total. The SMILES string of the molecule is Fc1ccc(Br)c(CNCCCn2cccn2)c1. The van der Waals surface area contributed by atoms with Crippen LogP contribution in [0.4, 0.5) is 4.39 Å². The van der Waals surface area contributed by atoms with Crippen LogP contribution in [0.1, 0.15) is 12.0 Å². The van der Waals surface area contributed by atoms with Crippen molar-refractivity contribution in [2.45, 2.75) is 19.5 Å². The summed E-state index contributed by atoms with van der Waals surface area (Å²) in [4.78, 5) is 0. The Bertz CT molecular complexity index is 485. The summed E-state index contributed by atoms with van der Waals surface area (Å²) in [6, 6.07) is 6.64. The lowest BCUT2D eigenvalue weighted by Gasteiger charge is -2.07. The summed E-state index contributed by atoms with van der Waals surface area (Å²) < 4.78 is 15.9. The maximum Gasteiger partial charge on any atom is 0.123 e. The smallest absolute Gasteiger partial charge is 0.123 e. The van der Waals surface area contributed by atoms with Crippen LogP contribution in [0.2, 0.25) is 0 Å². The van der Waals surface area contributed by atoms with Gasteiger partial charge in [-0.1, -0.05) is 15.9 Å². The summed E-state index contributed by atoms with van der Waals surface area (Å²) in [6.07, 6.45) is 4.72. The van der Waals surface area contributed by atoms with Gasteiger partial charge in [0.15, 0.2) is 0 Å². The zero-order chi connectivity index (χ0) is 12.8. The molecule has 2 aromatic rings. The molecule has 0 saturated carbocycles. The van der Waals surface area contributed by atoms with Crippen LogP contribution in [-0.4, -0.2) is 16.3 Å². The summed E-state index contributed by atoms with van der Waals surface area (Å²) >= 11 is 3.41. The van der Waals surface area contributed by atoms with Gasteiger partial charge < -0.3 is 5.32 Å². The molecule has 0 radical (unpaired) electrons. The number of aryl methyl sites for hydroxylation is 1. The van der Waals surface area contributed by atoms with Crippen LogP contribution < -0.4 is 5.32 Å². The molecular weight excluding hydrogens is 297 g/mol. The lowest BCUT2D eigenvalue weighted by atomic mass is 10.2. The van der Waals surface area contributed by atoms with Gasteiger partial charge in [-0.2, -0.15) is 5.10 Å². The maximum absolute atomic E-state index is 13.0. The summed E-state index contributed by atoms with van der Waals surface area (Å²) in [5, 5.41) is 7.42. The van der Waals surface area contributed by atoms with Gasteiger partial charge in [-0.3, -0.25) is 4.68 Å². The van der Waals surface area contributed by atoms with Crippen molar-refractivity contribution in [3.05, 3.63) is 52.5 Å². The standard InChI is InChI=1S/C13H15BrFN3/c14-13-4-3-12(15)9-11(13)10-16-5-1-7-18-8-2-6-17-18/h2-4,6,8-9,16H,1,5,7,10H2. The number of nitrogens with zero attached hydrogens (tertiary/aromatic N) is 2. The number of rotatable bonds is 6. The fourth-order valence-electron chi connectivity index (χ4n) is 1.70. The Morgan fingerprint density at radius 3 is 3.06 bits per heavy atom. The van der Waals surface area contributed by atoms with Crippen molar-refractivity contribution in [2.75, 3.05) is 6.54 Å². The van der Waals surface area contributed by atoms with Crippen molar-refractivity contribution >= 4 is 15.9 Å². The topological polar surface area (TPSA) is 29.9 Å². The molecule has 2 rings (SSSR count). The fourth-order valence-corrected chi connectivity index (χ4v) is 2.09. The number of benzene rings is 1. The fraction of sp³-hybridized carbons (Fsp3) is 0.308. The van der Waals surface area contributed by atoms with Gasteiger partial charge in [-0.25, -0.2) is 4.39 Å². The number of hydrogen-bond donors (Lipinski definition) is 1. The second-order valence-corrected chi connectivity index (χ2v) is 4.89. The Balaban J connectivity index is 1.70. The lowest BCUT2D eigenvalue weighted by molar-refractivity contribution is 0.542. The summed E-state index contributed by atoms with van der Waals surface area (Å²) in [6.45, 7) is 2.44. The highest BCUT2D eigenvalue weighted by Gasteiger charge is 2.01. The third kappa shape index (κ3) is 3.92. The molecular formula is C13H15BrFN3. The zero-order valence-electron chi connectivity index (χ0n) is 9.94. The largest absolute Gasteiger partial charge is 0.313 e. The first-order chi connectivity index (χ1) is 8.75. The van der Waals surface area contributed by atoms with Crippen LogP contribution >= 0.6 is 15.9 Å². The van der Waals surface area contributed by atoms with Crippen molar-refractivity contribution < 1.29 is 4.39 Å². The Morgan fingerprint density at radius 2 is 2.28 bits per heavy atom. The predicted molar refractivity (Wildman–Crippen MR) is 72.7 cm³/mol. The molecule has 0 aliphatic heterocycles. The maximum atomic E-state index is 13.0. The van der Waals surface area contributed by atoms with Gasteiger partial charge in [-0.05, 0) is 42.8 Å². The summed E-state index contributed by atoms with van der Waals surface area (Å²) in [5.74, 6) is -0.202. The minimum atomic E-state index is -0.202. The van der Waals surface area contributed by atoms with Crippen molar-refractivity contribution in [3.8, 4) is 0 Å². The van der Waals surface area contributed by atoms with Crippen molar-refractivity contribution in [3.63, 3.8) is 0 Å². The van der Waals surface area contributed by atoms with Gasteiger partial charge >= 0.3 is 0 Å². The quantitative estimate of drug-likeness (QED) is 0.831. The van der Waals surface area contributed by atoms with Crippen LogP contribution in [0.15, 0.2) is 41.1 Å². The van der Waals surface area contributed by atoms with E-state index in [1.165, 1.54) is 6.07 Å². The predicted octanol–water partition coefficient (Wildman–Crippen LogP) is 2.96. The average molecular weight is 312 g/mol. The Kier molecular flexibility index (Phi) is 4.90. The van der Waals surface area contributed by atoms with Crippen LogP contribution in [-0.2, 0) is 13.1 Å². The number of aromatic nitrogens is 2. The second-order valence-electron chi connectivity index (χ2n) is 4.04. The number of nitrogens with one attached hydrogen (secondary N) is 1.